The average Bonchev–Trinajstić information content (AvgIpc) is 3.28. The standard InChI is InChI=1S/C18H13N3O4S2/c1-2-25-17(24)14-8-10-7-11(3-4-13(10)27-14)20-15(22)12-9-19-18-21(16(12)23)5-6-26-18/h3-9H,2H2,1H3,(H,20,22). The Morgan fingerprint density at radius 3 is 2.96 bits per heavy atom. The van der Waals surface area contributed by atoms with Crippen molar-refractivity contribution in [2.24, 2.45) is 0 Å². The van der Waals surface area contributed by atoms with E-state index in [0.29, 0.717) is 22.1 Å². The van der Waals surface area contributed by atoms with Crippen LogP contribution in [0.5, 0.6) is 0 Å². The highest BCUT2D eigenvalue weighted by molar-refractivity contribution is 7.20. The fourth-order valence-electron chi connectivity index (χ4n) is 2.60. The summed E-state index contributed by atoms with van der Waals surface area (Å²) in [6.07, 6.45) is 2.87. The summed E-state index contributed by atoms with van der Waals surface area (Å²) in [5.41, 5.74) is 0.0685. The van der Waals surface area contributed by atoms with Crippen LogP contribution in [-0.4, -0.2) is 27.9 Å². The number of benzene rings is 1. The van der Waals surface area contributed by atoms with E-state index < -0.39 is 11.5 Å². The van der Waals surface area contributed by atoms with Crippen molar-refractivity contribution in [1.82, 2.24) is 9.38 Å². The normalized spacial score (nSPS) is 11.0. The van der Waals surface area contributed by atoms with Crippen molar-refractivity contribution in [3.8, 4) is 0 Å². The Hall–Kier alpha value is -3.04. The van der Waals surface area contributed by atoms with Gasteiger partial charge in [0.15, 0.2) is 4.96 Å². The molecular weight excluding hydrogens is 386 g/mol. The van der Waals surface area contributed by atoms with Gasteiger partial charge in [-0.3, -0.25) is 14.0 Å². The fraction of sp³-hybridized carbons (Fsp3) is 0.111. The zero-order valence-electron chi connectivity index (χ0n) is 14.1. The molecule has 0 aliphatic carbocycles. The summed E-state index contributed by atoms with van der Waals surface area (Å²) < 4.78 is 7.25. The maximum Gasteiger partial charge on any atom is 0.348 e. The molecule has 0 saturated carbocycles. The first kappa shape index (κ1) is 17.4. The van der Waals surface area contributed by atoms with Gasteiger partial charge in [-0.05, 0) is 36.6 Å². The van der Waals surface area contributed by atoms with E-state index in [0.717, 1.165) is 10.1 Å². The Labute approximate surface area is 160 Å². The minimum absolute atomic E-state index is 0.0384. The lowest BCUT2D eigenvalue weighted by Gasteiger charge is -2.05. The molecule has 4 rings (SSSR count). The number of rotatable bonds is 4. The molecule has 0 radical (unpaired) electrons. The van der Waals surface area contributed by atoms with Gasteiger partial charge in [-0.2, -0.15) is 0 Å². The molecule has 1 aromatic carbocycles. The molecule has 0 aliphatic heterocycles. The highest BCUT2D eigenvalue weighted by Gasteiger charge is 2.15. The second kappa shape index (κ2) is 6.93. The topological polar surface area (TPSA) is 89.8 Å². The number of thiophene rings is 1. The Bertz CT molecular complexity index is 1240. The molecule has 3 aromatic heterocycles. The van der Waals surface area contributed by atoms with E-state index in [2.05, 4.69) is 10.3 Å². The average molecular weight is 399 g/mol. The minimum Gasteiger partial charge on any atom is -0.462 e. The van der Waals surface area contributed by atoms with Gasteiger partial charge in [0.1, 0.15) is 10.4 Å². The van der Waals surface area contributed by atoms with Crippen LogP contribution in [-0.2, 0) is 4.74 Å². The Morgan fingerprint density at radius 2 is 2.15 bits per heavy atom. The lowest BCUT2D eigenvalue weighted by molar-refractivity contribution is 0.0532. The van der Waals surface area contributed by atoms with E-state index in [1.165, 1.54) is 33.3 Å². The molecule has 3 heterocycles. The van der Waals surface area contributed by atoms with Gasteiger partial charge in [0.2, 0.25) is 0 Å². The van der Waals surface area contributed by atoms with Gasteiger partial charge in [0, 0.05) is 28.2 Å². The molecule has 0 atom stereocenters. The second-order valence-electron chi connectivity index (χ2n) is 5.57. The number of aromatic nitrogens is 2. The van der Waals surface area contributed by atoms with Gasteiger partial charge in [-0.1, -0.05) is 0 Å². The number of fused-ring (bicyclic) bond motifs is 2. The predicted octanol–water partition coefficient (Wildman–Crippen LogP) is 3.40. The first-order valence-corrected chi connectivity index (χ1v) is 9.73. The molecule has 0 bridgehead atoms. The number of nitrogens with one attached hydrogen (secondary N) is 1. The third-order valence-corrected chi connectivity index (χ3v) is 5.71. The molecule has 7 nitrogen and oxygen atoms in total. The van der Waals surface area contributed by atoms with Crippen LogP contribution in [0.15, 0.2) is 46.8 Å². The summed E-state index contributed by atoms with van der Waals surface area (Å²) in [4.78, 5) is 41.9. The van der Waals surface area contributed by atoms with E-state index in [9.17, 15) is 14.4 Å². The van der Waals surface area contributed by atoms with Crippen molar-refractivity contribution in [2.75, 3.05) is 11.9 Å². The van der Waals surface area contributed by atoms with Gasteiger partial charge >= 0.3 is 5.97 Å². The van der Waals surface area contributed by atoms with Crippen molar-refractivity contribution in [1.29, 1.82) is 0 Å². The number of nitrogens with zero attached hydrogens (tertiary/aromatic N) is 2. The molecule has 0 saturated heterocycles. The zero-order valence-corrected chi connectivity index (χ0v) is 15.7. The minimum atomic E-state index is -0.534. The molecule has 9 heteroatoms. The number of thiazole rings is 1. The van der Waals surface area contributed by atoms with Crippen molar-refractivity contribution in [2.45, 2.75) is 6.92 Å². The number of hydrogen-bond acceptors (Lipinski definition) is 7. The maximum absolute atomic E-state index is 12.5. The van der Waals surface area contributed by atoms with Crippen molar-refractivity contribution >= 4 is 55.3 Å². The number of amides is 1. The molecule has 0 aliphatic rings. The van der Waals surface area contributed by atoms with E-state index in [4.69, 9.17) is 4.74 Å². The van der Waals surface area contributed by atoms with Crippen LogP contribution < -0.4 is 10.9 Å². The van der Waals surface area contributed by atoms with E-state index in [1.54, 1.807) is 36.7 Å². The summed E-state index contributed by atoms with van der Waals surface area (Å²) in [6, 6.07) is 7.01. The lowest BCUT2D eigenvalue weighted by atomic mass is 10.2. The smallest absolute Gasteiger partial charge is 0.348 e. The maximum atomic E-state index is 12.5. The third kappa shape index (κ3) is 3.22. The monoisotopic (exact) mass is 399 g/mol. The molecule has 0 spiro atoms. The van der Waals surface area contributed by atoms with Gasteiger partial charge < -0.3 is 10.1 Å². The summed E-state index contributed by atoms with van der Waals surface area (Å²) in [5, 5.41) is 5.25. The van der Waals surface area contributed by atoms with Crippen LogP contribution in [0.1, 0.15) is 27.0 Å². The third-order valence-electron chi connectivity index (χ3n) is 3.84. The molecule has 1 N–H and O–H groups in total. The van der Waals surface area contributed by atoms with E-state index in [-0.39, 0.29) is 11.5 Å². The molecule has 1 amide bonds. The van der Waals surface area contributed by atoms with Crippen LogP contribution in [0.25, 0.3) is 15.0 Å². The van der Waals surface area contributed by atoms with Crippen LogP contribution in [0, 0.1) is 0 Å². The molecule has 4 aromatic rings. The summed E-state index contributed by atoms with van der Waals surface area (Å²) in [5.74, 6) is -0.902. The van der Waals surface area contributed by atoms with Crippen molar-refractivity contribution in [3.05, 3.63) is 62.8 Å². The lowest BCUT2D eigenvalue weighted by Crippen LogP contribution is -2.25. The largest absolute Gasteiger partial charge is 0.462 e. The molecule has 27 heavy (non-hydrogen) atoms. The second-order valence-corrected chi connectivity index (χ2v) is 7.53. The Kier molecular flexibility index (Phi) is 4.46. The molecule has 0 unspecified atom stereocenters. The number of anilines is 1. The van der Waals surface area contributed by atoms with Crippen molar-refractivity contribution in [3.63, 3.8) is 0 Å². The first-order valence-electron chi connectivity index (χ1n) is 8.03. The summed E-state index contributed by atoms with van der Waals surface area (Å²) in [6.45, 7) is 2.07. The summed E-state index contributed by atoms with van der Waals surface area (Å²) in [7, 11) is 0. The number of esters is 1. The van der Waals surface area contributed by atoms with Crippen LogP contribution in [0.4, 0.5) is 5.69 Å². The Morgan fingerprint density at radius 1 is 1.30 bits per heavy atom. The van der Waals surface area contributed by atoms with Crippen LogP contribution in [0.2, 0.25) is 0 Å². The SMILES string of the molecule is CCOC(=O)c1cc2cc(NC(=O)c3cnc4sccn4c3=O)ccc2s1. The summed E-state index contributed by atoms with van der Waals surface area (Å²) >= 11 is 2.64. The highest BCUT2D eigenvalue weighted by atomic mass is 32.1. The van der Waals surface area contributed by atoms with E-state index in [1.807, 2.05) is 6.07 Å². The van der Waals surface area contributed by atoms with Crippen LogP contribution in [0.3, 0.4) is 0 Å². The zero-order chi connectivity index (χ0) is 19.0. The quantitative estimate of drug-likeness (QED) is 0.531. The van der Waals surface area contributed by atoms with Gasteiger partial charge in [-0.15, -0.1) is 22.7 Å². The van der Waals surface area contributed by atoms with Crippen LogP contribution >= 0.6 is 22.7 Å². The van der Waals surface area contributed by atoms with Gasteiger partial charge in [0.25, 0.3) is 11.5 Å². The fourth-order valence-corrected chi connectivity index (χ4v) is 4.21. The highest BCUT2D eigenvalue weighted by Crippen LogP contribution is 2.28. The first-order chi connectivity index (χ1) is 13.1. The van der Waals surface area contributed by atoms with E-state index >= 15 is 0 Å². The number of hydrogen-bond donors (Lipinski definition) is 1. The predicted molar refractivity (Wildman–Crippen MR) is 105 cm³/mol. The molecule has 0 fully saturated rings. The van der Waals surface area contributed by atoms with Crippen molar-refractivity contribution < 1.29 is 14.3 Å². The molecule has 136 valence electrons. The molecular formula is C18H13N3O4S2. The number of ether oxygens (including phenoxy) is 1. The van der Waals surface area contributed by atoms with Gasteiger partial charge in [-0.25, -0.2) is 9.78 Å². The Balaban J connectivity index is 1.62. The number of carbonyl (C=O) groups is 2. The van der Waals surface area contributed by atoms with Gasteiger partial charge in [0.05, 0.1) is 6.61 Å². The number of carbonyl (C=O) groups excluding carboxylic acids is 2.